The summed E-state index contributed by atoms with van der Waals surface area (Å²) in [5.74, 6) is 0.780. The minimum absolute atomic E-state index is 0.137. The van der Waals surface area contributed by atoms with Gasteiger partial charge in [0.25, 0.3) is 0 Å². The second-order valence-corrected chi connectivity index (χ2v) is 11.0. The smallest absolute Gasteiger partial charge is 0.397 e. The summed E-state index contributed by atoms with van der Waals surface area (Å²) in [6.45, 7) is 9.45. The second kappa shape index (κ2) is 13.7. The molecule has 2 aliphatic rings. The van der Waals surface area contributed by atoms with Gasteiger partial charge in [-0.05, 0) is 86.9 Å². The van der Waals surface area contributed by atoms with E-state index in [1.165, 1.54) is 32.1 Å². The lowest BCUT2D eigenvalue weighted by atomic mass is 9.87. The van der Waals surface area contributed by atoms with Gasteiger partial charge in [0.05, 0.1) is 6.61 Å². The molecule has 2 unspecified atom stereocenters. The number of amides is 1. The predicted molar refractivity (Wildman–Crippen MR) is 158 cm³/mol. The molecule has 214 valence electrons. The first-order valence-corrected chi connectivity index (χ1v) is 14.4. The molecule has 2 aromatic rings. The van der Waals surface area contributed by atoms with Crippen molar-refractivity contribution in [1.29, 1.82) is 0 Å². The highest BCUT2D eigenvalue weighted by molar-refractivity contribution is 6.37. The monoisotopic (exact) mass is 546 g/mol. The Bertz CT molecular complexity index is 1240. The zero-order valence-corrected chi connectivity index (χ0v) is 24.1. The maximum atomic E-state index is 12.1. The van der Waals surface area contributed by atoms with Crippen LogP contribution in [-0.2, 0) is 20.9 Å². The number of anilines is 1. The van der Waals surface area contributed by atoms with Crippen molar-refractivity contribution in [3.05, 3.63) is 71.3 Å². The fourth-order valence-electron chi connectivity index (χ4n) is 5.70. The van der Waals surface area contributed by atoms with Crippen molar-refractivity contribution in [2.24, 2.45) is 11.8 Å². The number of allylic oxidation sites excluding steroid dienone is 3. The van der Waals surface area contributed by atoms with Crippen molar-refractivity contribution in [1.82, 2.24) is 4.90 Å². The minimum atomic E-state index is -0.914. The topological polar surface area (TPSA) is 88.1 Å². The number of aromatic hydroxyl groups is 1. The maximum absolute atomic E-state index is 12.1. The number of carbonyl (C=O) groups is 2. The van der Waals surface area contributed by atoms with Gasteiger partial charge in [0, 0.05) is 30.4 Å². The van der Waals surface area contributed by atoms with Crippen LogP contribution in [0.25, 0.3) is 0 Å². The Kier molecular flexibility index (Phi) is 10.0. The summed E-state index contributed by atoms with van der Waals surface area (Å²) in [7, 11) is 0. The van der Waals surface area contributed by atoms with Crippen LogP contribution in [0.3, 0.4) is 0 Å². The van der Waals surface area contributed by atoms with Gasteiger partial charge in [-0.2, -0.15) is 0 Å². The molecule has 0 aliphatic heterocycles. The summed E-state index contributed by atoms with van der Waals surface area (Å²) in [6.07, 6.45) is 15.0. The van der Waals surface area contributed by atoms with Gasteiger partial charge in [-0.15, -0.1) is 0 Å². The Hall–Kier alpha value is -3.58. The molecule has 1 saturated carbocycles. The number of phenols is 1. The van der Waals surface area contributed by atoms with Gasteiger partial charge in [0.2, 0.25) is 0 Å². The van der Waals surface area contributed by atoms with E-state index in [4.69, 9.17) is 9.47 Å². The normalized spacial score (nSPS) is 19.0. The van der Waals surface area contributed by atoms with Gasteiger partial charge in [-0.1, -0.05) is 50.5 Å². The number of phenolic OH excluding ortho intramolecular Hbond substituents is 1. The molecule has 0 heterocycles. The van der Waals surface area contributed by atoms with Gasteiger partial charge in [0.15, 0.2) is 0 Å². The molecule has 2 aliphatic carbocycles. The lowest BCUT2D eigenvalue weighted by molar-refractivity contribution is -0.152. The van der Waals surface area contributed by atoms with Crippen LogP contribution >= 0.6 is 0 Å². The standard InChI is InChI=1S/C33H42N2O5/c1-5-39-33(38)32(37)34-27-17-23(3)31(24(4)18-27)40-29-15-16-30(36)26(19-29)21-35(28-13-7-6-8-14-28)20-25-12-10-9-11-22(25)2/h9-12,15-19,22,25,28,36H,5-8,13-14,20-21H2,1-4H3,(H,34,37). The molecule has 0 spiro atoms. The number of nitrogens with one attached hydrogen (secondary N) is 1. The van der Waals surface area contributed by atoms with Crippen molar-refractivity contribution in [3.63, 3.8) is 0 Å². The summed E-state index contributed by atoms with van der Waals surface area (Å²) in [5.41, 5.74) is 2.96. The molecule has 2 atom stereocenters. The number of carbonyl (C=O) groups excluding carboxylic acids is 2. The highest BCUT2D eigenvalue weighted by Crippen LogP contribution is 2.35. The molecule has 0 bridgehead atoms. The third kappa shape index (κ3) is 7.54. The highest BCUT2D eigenvalue weighted by Gasteiger charge is 2.26. The molecule has 0 radical (unpaired) electrons. The molecular weight excluding hydrogens is 504 g/mol. The zero-order valence-electron chi connectivity index (χ0n) is 24.1. The van der Waals surface area contributed by atoms with Crippen LogP contribution in [0.4, 0.5) is 5.69 Å². The number of hydrogen-bond donors (Lipinski definition) is 2. The highest BCUT2D eigenvalue weighted by atomic mass is 16.5. The summed E-state index contributed by atoms with van der Waals surface area (Å²) in [5, 5.41) is 13.4. The molecule has 0 aromatic heterocycles. The Balaban J connectivity index is 1.51. The van der Waals surface area contributed by atoms with Gasteiger partial charge >= 0.3 is 11.9 Å². The van der Waals surface area contributed by atoms with E-state index in [0.717, 1.165) is 23.2 Å². The van der Waals surface area contributed by atoms with Crippen LogP contribution in [0.5, 0.6) is 17.2 Å². The van der Waals surface area contributed by atoms with Gasteiger partial charge in [0.1, 0.15) is 17.2 Å². The van der Waals surface area contributed by atoms with Crippen molar-refractivity contribution < 1.29 is 24.2 Å². The van der Waals surface area contributed by atoms with E-state index in [-0.39, 0.29) is 12.4 Å². The van der Waals surface area contributed by atoms with E-state index < -0.39 is 11.9 Å². The second-order valence-electron chi connectivity index (χ2n) is 11.0. The number of hydrogen-bond acceptors (Lipinski definition) is 6. The fourth-order valence-corrected chi connectivity index (χ4v) is 5.70. The first kappa shape index (κ1) is 29.4. The molecule has 2 aromatic carbocycles. The fraction of sp³-hybridized carbons (Fsp3) is 0.455. The first-order valence-electron chi connectivity index (χ1n) is 14.4. The molecule has 7 heteroatoms. The number of benzene rings is 2. The molecule has 2 N–H and O–H groups in total. The van der Waals surface area contributed by atoms with Crippen molar-refractivity contribution in [3.8, 4) is 17.2 Å². The molecule has 7 nitrogen and oxygen atoms in total. The quantitative estimate of drug-likeness (QED) is 0.265. The third-order valence-corrected chi connectivity index (χ3v) is 7.92. The van der Waals surface area contributed by atoms with E-state index in [2.05, 4.69) is 41.4 Å². The summed E-state index contributed by atoms with van der Waals surface area (Å²) < 4.78 is 11.1. The Morgan fingerprint density at radius 1 is 1.02 bits per heavy atom. The van der Waals surface area contributed by atoms with Crippen molar-refractivity contribution >= 4 is 17.6 Å². The summed E-state index contributed by atoms with van der Waals surface area (Å²) >= 11 is 0. The van der Waals surface area contributed by atoms with Gasteiger partial charge < -0.3 is 19.9 Å². The molecule has 1 fully saturated rings. The number of esters is 1. The summed E-state index contributed by atoms with van der Waals surface area (Å²) in [6, 6.07) is 9.44. The van der Waals surface area contributed by atoms with Crippen LogP contribution in [0, 0.1) is 25.7 Å². The number of rotatable bonds is 9. The third-order valence-electron chi connectivity index (χ3n) is 7.92. The van der Waals surface area contributed by atoms with E-state index >= 15 is 0 Å². The molecule has 4 rings (SSSR count). The average Bonchev–Trinajstić information content (AvgIpc) is 2.93. The van der Waals surface area contributed by atoms with E-state index in [9.17, 15) is 14.7 Å². The van der Waals surface area contributed by atoms with Crippen LogP contribution < -0.4 is 10.1 Å². The van der Waals surface area contributed by atoms with Crippen molar-refractivity contribution in [2.75, 3.05) is 18.5 Å². The van der Waals surface area contributed by atoms with E-state index in [0.29, 0.717) is 41.6 Å². The Morgan fingerprint density at radius 3 is 2.40 bits per heavy atom. The number of nitrogens with zero attached hydrogens (tertiary/aromatic N) is 1. The van der Waals surface area contributed by atoms with Gasteiger partial charge in [-0.25, -0.2) is 4.79 Å². The summed E-state index contributed by atoms with van der Waals surface area (Å²) in [4.78, 5) is 26.3. The van der Waals surface area contributed by atoms with Crippen LogP contribution in [0.1, 0.15) is 62.6 Å². The maximum Gasteiger partial charge on any atom is 0.397 e. The Labute approximate surface area is 237 Å². The molecular formula is C33H42N2O5. The van der Waals surface area contributed by atoms with Crippen molar-refractivity contribution in [2.45, 2.75) is 72.4 Å². The van der Waals surface area contributed by atoms with E-state index in [1.807, 2.05) is 19.9 Å². The first-order chi connectivity index (χ1) is 19.2. The average molecular weight is 547 g/mol. The SMILES string of the molecule is CCOC(=O)C(=O)Nc1cc(C)c(Oc2ccc(O)c(CN(CC3C=CC=CC3C)C3CCCCC3)c2)c(C)c1. The number of ether oxygens (including phenoxy) is 2. The zero-order chi connectivity index (χ0) is 28.6. The predicted octanol–water partition coefficient (Wildman–Crippen LogP) is 6.82. The van der Waals surface area contributed by atoms with Crippen LogP contribution in [-0.4, -0.2) is 41.1 Å². The Morgan fingerprint density at radius 2 is 1.73 bits per heavy atom. The van der Waals surface area contributed by atoms with E-state index in [1.54, 1.807) is 31.2 Å². The molecule has 40 heavy (non-hydrogen) atoms. The van der Waals surface area contributed by atoms with Gasteiger partial charge in [-0.3, -0.25) is 9.69 Å². The lowest BCUT2D eigenvalue weighted by Gasteiger charge is -2.37. The lowest BCUT2D eigenvalue weighted by Crippen LogP contribution is -2.40. The van der Waals surface area contributed by atoms with Crippen LogP contribution in [0.15, 0.2) is 54.6 Å². The minimum Gasteiger partial charge on any atom is -0.508 e. The number of aryl methyl sites for hydroxylation is 2. The molecule has 1 amide bonds. The molecule has 0 saturated heterocycles. The van der Waals surface area contributed by atoms with Crippen LogP contribution in [0.2, 0.25) is 0 Å². The largest absolute Gasteiger partial charge is 0.508 e.